The third-order valence-corrected chi connectivity index (χ3v) is 4.46. The van der Waals surface area contributed by atoms with Gasteiger partial charge in [0.05, 0.1) is 36.7 Å². The van der Waals surface area contributed by atoms with Gasteiger partial charge in [0.15, 0.2) is 0 Å². The van der Waals surface area contributed by atoms with Gasteiger partial charge in [-0.3, -0.25) is 4.79 Å². The van der Waals surface area contributed by atoms with Crippen molar-refractivity contribution in [1.82, 2.24) is 0 Å². The van der Waals surface area contributed by atoms with Crippen LogP contribution in [-0.2, 0) is 15.7 Å². The zero-order valence-corrected chi connectivity index (χ0v) is 15.6. The molecule has 1 saturated heterocycles. The standard InChI is InChI=1S/C19H19ClF3N3O2/c20-14-4-5-17(26-6-8-28-9-7-26)16(11-14)24-12-18(27)25-15-3-1-2-13(10-15)19(21,22)23/h1-5,10-11,24H,6-9,12H2,(H,25,27). The molecule has 0 spiro atoms. The molecule has 28 heavy (non-hydrogen) atoms. The molecular formula is C19H19ClF3N3O2. The molecule has 1 heterocycles. The summed E-state index contributed by atoms with van der Waals surface area (Å²) in [5, 5.41) is 6.00. The number of nitrogens with zero attached hydrogens (tertiary/aromatic N) is 1. The maximum Gasteiger partial charge on any atom is 0.416 e. The van der Waals surface area contributed by atoms with Gasteiger partial charge in [-0.25, -0.2) is 0 Å². The minimum Gasteiger partial charge on any atom is -0.378 e. The van der Waals surface area contributed by atoms with Gasteiger partial charge in [0.25, 0.3) is 0 Å². The molecule has 0 aliphatic carbocycles. The van der Waals surface area contributed by atoms with Crippen LogP contribution >= 0.6 is 11.6 Å². The van der Waals surface area contributed by atoms with Crippen molar-refractivity contribution in [1.29, 1.82) is 0 Å². The summed E-state index contributed by atoms with van der Waals surface area (Å²) in [4.78, 5) is 14.3. The van der Waals surface area contributed by atoms with Gasteiger partial charge in [-0.15, -0.1) is 0 Å². The predicted molar refractivity (Wildman–Crippen MR) is 103 cm³/mol. The Balaban J connectivity index is 1.65. The van der Waals surface area contributed by atoms with Crippen molar-refractivity contribution < 1.29 is 22.7 Å². The van der Waals surface area contributed by atoms with Crippen molar-refractivity contribution in [3.05, 3.63) is 53.1 Å². The minimum absolute atomic E-state index is 0.0844. The number of rotatable bonds is 5. The van der Waals surface area contributed by atoms with E-state index >= 15 is 0 Å². The van der Waals surface area contributed by atoms with Gasteiger partial charge in [0.2, 0.25) is 5.91 Å². The highest BCUT2D eigenvalue weighted by Gasteiger charge is 2.30. The largest absolute Gasteiger partial charge is 0.416 e. The summed E-state index contributed by atoms with van der Waals surface area (Å²) < 4.78 is 43.7. The van der Waals surface area contributed by atoms with Crippen LogP contribution in [-0.4, -0.2) is 38.8 Å². The lowest BCUT2D eigenvalue weighted by atomic mass is 10.2. The second-order valence-electron chi connectivity index (χ2n) is 6.24. The number of nitrogens with one attached hydrogen (secondary N) is 2. The number of hydrogen-bond acceptors (Lipinski definition) is 4. The SMILES string of the molecule is O=C(CNc1cc(Cl)ccc1N1CCOCC1)Nc1cccc(C(F)(F)F)c1. The van der Waals surface area contributed by atoms with Crippen molar-refractivity contribution in [2.24, 2.45) is 0 Å². The Kier molecular flexibility index (Phi) is 6.31. The summed E-state index contributed by atoms with van der Waals surface area (Å²) in [6, 6.07) is 9.85. The zero-order valence-electron chi connectivity index (χ0n) is 14.9. The van der Waals surface area contributed by atoms with Crippen LogP contribution in [0.1, 0.15) is 5.56 Å². The summed E-state index contributed by atoms with van der Waals surface area (Å²) in [5.74, 6) is -0.466. The van der Waals surface area contributed by atoms with E-state index < -0.39 is 17.6 Å². The van der Waals surface area contributed by atoms with Gasteiger partial charge in [-0.2, -0.15) is 13.2 Å². The van der Waals surface area contributed by atoms with E-state index in [9.17, 15) is 18.0 Å². The first-order valence-electron chi connectivity index (χ1n) is 8.66. The number of carbonyl (C=O) groups is 1. The fourth-order valence-corrected chi connectivity index (χ4v) is 3.06. The fourth-order valence-electron chi connectivity index (χ4n) is 2.88. The number of ether oxygens (including phenoxy) is 1. The van der Waals surface area contributed by atoms with Crippen LogP contribution in [0.15, 0.2) is 42.5 Å². The van der Waals surface area contributed by atoms with E-state index in [0.29, 0.717) is 37.0 Å². The predicted octanol–water partition coefficient (Wildman–Crippen LogP) is 4.25. The number of carbonyl (C=O) groups excluding carboxylic acids is 1. The summed E-state index contributed by atoms with van der Waals surface area (Å²) >= 11 is 6.07. The van der Waals surface area contributed by atoms with Gasteiger partial charge in [-0.05, 0) is 36.4 Å². The highest BCUT2D eigenvalue weighted by Crippen LogP contribution is 2.31. The quantitative estimate of drug-likeness (QED) is 0.769. The number of anilines is 3. The second-order valence-corrected chi connectivity index (χ2v) is 6.68. The molecule has 0 saturated carbocycles. The van der Waals surface area contributed by atoms with E-state index in [2.05, 4.69) is 15.5 Å². The van der Waals surface area contributed by atoms with E-state index in [1.807, 2.05) is 6.07 Å². The topological polar surface area (TPSA) is 53.6 Å². The molecule has 1 aliphatic heterocycles. The lowest BCUT2D eigenvalue weighted by Gasteiger charge is -2.30. The van der Waals surface area contributed by atoms with Gasteiger partial charge in [0, 0.05) is 23.8 Å². The van der Waals surface area contributed by atoms with E-state index in [4.69, 9.17) is 16.3 Å². The highest BCUT2D eigenvalue weighted by molar-refractivity contribution is 6.31. The molecule has 0 radical (unpaired) electrons. The Morgan fingerprint density at radius 3 is 2.61 bits per heavy atom. The molecule has 2 aromatic carbocycles. The van der Waals surface area contributed by atoms with Crippen LogP contribution in [0.25, 0.3) is 0 Å². The third-order valence-electron chi connectivity index (χ3n) is 4.22. The van der Waals surface area contributed by atoms with Crippen LogP contribution in [0.4, 0.5) is 30.2 Å². The summed E-state index contributed by atoms with van der Waals surface area (Å²) in [6.07, 6.45) is -4.47. The van der Waals surface area contributed by atoms with E-state index in [-0.39, 0.29) is 12.2 Å². The Morgan fingerprint density at radius 1 is 1.14 bits per heavy atom. The number of amides is 1. The Labute approximate surface area is 165 Å². The average Bonchev–Trinajstić information content (AvgIpc) is 2.67. The molecule has 1 fully saturated rings. The van der Waals surface area contributed by atoms with Crippen molar-refractivity contribution in [2.75, 3.05) is 48.4 Å². The average molecular weight is 414 g/mol. The van der Waals surface area contributed by atoms with E-state index in [0.717, 1.165) is 17.8 Å². The molecule has 0 bridgehead atoms. The molecule has 1 amide bonds. The van der Waals surface area contributed by atoms with E-state index in [1.54, 1.807) is 12.1 Å². The van der Waals surface area contributed by atoms with Crippen molar-refractivity contribution in [2.45, 2.75) is 6.18 Å². The number of morpholine rings is 1. The minimum atomic E-state index is -4.47. The number of halogens is 4. The Morgan fingerprint density at radius 2 is 1.89 bits per heavy atom. The molecule has 0 unspecified atom stereocenters. The van der Waals surface area contributed by atoms with Gasteiger partial charge in [-0.1, -0.05) is 17.7 Å². The van der Waals surface area contributed by atoms with Gasteiger partial charge in [0.1, 0.15) is 0 Å². The van der Waals surface area contributed by atoms with E-state index in [1.165, 1.54) is 12.1 Å². The molecule has 9 heteroatoms. The third kappa shape index (κ3) is 5.30. The summed E-state index contributed by atoms with van der Waals surface area (Å²) in [7, 11) is 0. The summed E-state index contributed by atoms with van der Waals surface area (Å²) in [5.41, 5.74) is 0.831. The van der Waals surface area contributed by atoms with Gasteiger partial charge >= 0.3 is 6.18 Å². The molecule has 1 aliphatic rings. The monoisotopic (exact) mass is 413 g/mol. The Hall–Kier alpha value is -2.45. The van der Waals surface area contributed by atoms with Crippen LogP contribution in [0.3, 0.4) is 0 Å². The number of benzene rings is 2. The molecule has 3 rings (SSSR count). The normalized spacial score (nSPS) is 14.6. The molecule has 5 nitrogen and oxygen atoms in total. The number of alkyl halides is 3. The lowest BCUT2D eigenvalue weighted by Crippen LogP contribution is -2.36. The van der Waals surface area contributed by atoms with Crippen LogP contribution in [0, 0.1) is 0 Å². The zero-order chi connectivity index (χ0) is 20.1. The smallest absolute Gasteiger partial charge is 0.378 e. The first kappa shape index (κ1) is 20.3. The first-order chi connectivity index (χ1) is 13.3. The molecular weight excluding hydrogens is 395 g/mol. The maximum absolute atomic E-state index is 12.8. The highest BCUT2D eigenvalue weighted by atomic mass is 35.5. The van der Waals surface area contributed by atoms with Crippen molar-refractivity contribution in [3.63, 3.8) is 0 Å². The van der Waals surface area contributed by atoms with Gasteiger partial charge < -0.3 is 20.3 Å². The second kappa shape index (κ2) is 8.70. The maximum atomic E-state index is 12.8. The number of hydrogen-bond donors (Lipinski definition) is 2. The van der Waals surface area contributed by atoms with Crippen molar-refractivity contribution in [3.8, 4) is 0 Å². The lowest BCUT2D eigenvalue weighted by molar-refractivity contribution is -0.137. The molecule has 2 aromatic rings. The van der Waals surface area contributed by atoms with Crippen LogP contribution in [0.2, 0.25) is 5.02 Å². The Bertz CT molecular complexity index is 839. The molecule has 150 valence electrons. The van der Waals surface area contributed by atoms with Crippen molar-refractivity contribution >= 4 is 34.6 Å². The van der Waals surface area contributed by atoms with Crippen LogP contribution < -0.4 is 15.5 Å². The summed E-state index contributed by atoms with van der Waals surface area (Å²) in [6.45, 7) is 2.53. The molecule has 0 aromatic heterocycles. The molecule has 0 atom stereocenters. The molecule has 2 N–H and O–H groups in total. The first-order valence-corrected chi connectivity index (χ1v) is 9.04. The van der Waals surface area contributed by atoms with Crippen LogP contribution in [0.5, 0.6) is 0 Å². The fraction of sp³-hybridized carbons (Fsp3) is 0.316.